The van der Waals surface area contributed by atoms with Crippen LogP contribution in [0.5, 0.6) is 0 Å². The molecule has 0 spiro atoms. The van der Waals surface area contributed by atoms with E-state index in [1.807, 2.05) is 44.3 Å². The van der Waals surface area contributed by atoms with Gasteiger partial charge in [0.05, 0.1) is 28.6 Å². The average molecular weight is 516 g/mol. The number of aliphatic imine (C=N–C) groups is 1. The van der Waals surface area contributed by atoms with Gasteiger partial charge in [0.2, 0.25) is 0 Å². The van der Waals surface area contributed by atoms with Crippen molar-refractivity contribution in [1.82, 2.24) is 9.88 Å². The second kappa shape index (κ2) is 10.2. The first-order valence-electron chi connectivity index (χ1n) is 11.6. The summed E-state index contributed by atoms with van der Waals surface area (Å²) in [4.78, 5) is 40.5. The van der Waals surface area contributed by atoms with Crippen LogP contribution in [0.4, 0.5) is 17.1 Å². The number of fused-ring (bicyclic) bond motifs is 1. The quantitative estimate of drug-likeness (QED) is 0.324. The SMILES string of the molecule is CCNc1ccc(C(C)=O)cc1N=C1S/C(=C2/Sc3ccccc3N2C)C(=O)N1Cc1cccnc1. The molecule has 1 N–H and O–H groups in total. The molecule has 3 aromatic rings. The third-order valence-electron chi connectivity index (χ3n) is 5.85. The molecular formula is C27H25N5O2S2. The van der Waals surface area contributed by atoms with Gasteiger partial charge in [0.15, 0.2) is 11.0 Å². The lowest BCUT2D eigenvalue weighted by Crippen LogP contribution is -2.29. The Kier molecular flexibility index (Phi) is 6.84. The second-order valence-corrected chi connectivity index (χ2v) is 10.3. The summed E-state index contributed by atoms with van der Waals surface area (Å²) in [5.74, 6) is -0.135. The van der Waals surface area contributed by atoms with Crippen LogP contribution in [-0.4, -0.2) is 40.3 Å². The van der Waals surface area contributed by atoms with Gasteiger partial charge >= 0.3 is 0 Å². The minimum absolute atomic E-state index is 0.0357. The smallest absolute Gasteiger partial charge is 0.269 e. The minimum atomic E-state index is -0.0996. The fourth-order valence-corrected chi connectivity index (χ4v) is 6.35. The van der Waals surface area contributed by atoms with Crippen molar-refractivity contribution >= 4 is 57.4 Å². The van der Waals surface area contributed by atoms with Crippen molar-refractivity contribution in [2.45, 2.75) is 25.3 Å². The number of carbonyl (C=O) groups is 2. The molecule has 3 heterocycles. The molecule has 1 saturated heterocycles. The van der Waals surface area contributed by atoms with E-state index in [0.29, 0.717) is 34.4 Å². The Morgan fingerprint density at radius 2 is 1.94 bits per heavy atom. The Labute approximate surface area is 218 Å². The molecule has 1 amide bonds. The predicted octanol–water partition coefficient (Wildman–Crippen LogP) is 5.89. The summed E-state index contributed by atoms with van der Waals surface area (Å²) in [6, 6.07) is 17.4. The lowest BCUT2D eigenvalue weighted by molar-refractivity contribution is -0.122. The molecule has 2 aromatic carbocycles. The molecule has 0 atom stereocenters. The Morgan fingerprint density at radius 3 is 2.67 bits per heavy atom. The summed E-state index contributed by atoms with van der Waals surface area (Å²) in [6.45, 7) is 4.60. The highest BCUT2D eigenvalue weighted by Crippen LogP contribution is 2.50. The minimum Gasteiger partial charge on any atom is -0.384 e. The number of hydrogen-bond acceptors (Lipinski definition) is 8. The van der Waals surface area contributed by atoms with Gasteiger partial charge in [-0.25, -0.2) is 4.99 Å². The Balaban J connectivity index is 1.60. The summed E-state index contributed by atoms with van der Waals surface area (Å²) < 4.78 is 0. The molecule has 0 aliphatic carbocycles. The van der Waals surface area contributed by atoms with Crippen LogP contribution in [-0.2, 0) is 11.3 Å². The van der Waals surface area contributed by atoms with E-state index in [4.69, 9.17) is 4.99 Å². The third-order valence-corrected chi connectivity index (χ3v) is 8.28. The summed E-state index contributed by atoms with van der Waals surface area (Å²) >= 11 is 2.96. The number of para-hydroxylation sites is 1. The number of aromatic nitrogens is 1. The molecule has 0 unspecified atom stereocenters. The number of hydrogen-bond donors (Lipinski definition) is 1. The van der Waals surface area contributed by atoms with E-state index in [9.17, 15) is 9.59 Å². The predicted molar refractivity (Wildman–Crippen MR) is 148 cm³/mol. The third kappa shape index (κ3) is 4.64. The number of rotatable bonds is 6. The first-order chi connectivity index (χ1) is 17.5. The van der Waals surface area contributed by atoms with E-state index in [-0.39, 0.29) is 11.7 Å². The van der Waals surface area contributed by atoms with Crippen LogP contribution < -0.4 is 10.2 Å². The van der Waals surface area contributed by atoms with Crippen molar-refractivity contribution in [2.75, 3.05) is 23.8 Å². The zero-order chi connectivity index (χ0) is 25.2. The van der Waals surface area contributed by atoms with Gasteiger partial charge in [-0.15, -0.1) is 0 Å². The van der Waals surface area contributed by atoms with E-state index >= 15 is 0 Å². The van der Waals surface area contributed by atoms with Crippen LogP contribution in [0.2, 0.25) is 0 Å². The van der Waals surface area contributed by atoms with Crippen molar-refractivity contribution < 1.29 is 9.59 Å². The molecule has 1 fully saturated rings. The molecule has 1 aromatic heterocycles. The molecule has 2 aliphatic heterocycles. The van der Waals surface area contributed by atoms with Crippen molar-refractivity contribution in [3.63, 3.8) is 0 Å². The maximum absolute atomic E-state index is 13.8. The largest absolute Gasteiger partial charge is 0.384 e. The number of Topliss-reactive ketones (excluding diaryl/α,β-unsaturated/α-hetero) is 1. The highest BCUT2D eigenvalue weighted by Gasteiger charge is 2.39. The van der Waals surface area contributed by atoms with Crippen LogP contribution >= 0.6 is 23.5 Å². The summed E-state index contributed by atoms with van der Waals surface area (Å²) in [6.07, 6.45) is 3.47. The molecule has 0 saturated carbocycles. The van der Waals surface area contributed by atoms with Crippen molar-refractivity contribution in [3.05, 3.63) is 88.1 Å². The number of carbonyl (C=O) groups excluding carboxylic acids is 2. The maximum Gasteiger partial charge on any atom is 0.269 e. The van der Waals surface area contributed by atoms with Gasteiger partial charge in [-0.05, 0) is 67.6 Å². The van der Waals surface area contributed by atoms with E-state index in [2.05, 4.69) is 27.3 Å². The van der Waals surface area contributed by atoms with Crippen LogP contribution in [0.3, 0.4) is 0 Å². The van der Waals surface area contributed by atoms with Crippen molar-refractivity contribution in [1.29, 1.82) is 0 Å². The van der Waals surface area contributed by atoms with E-state index < -0.39 is 0 Å². The van der Waals surface area contributed by atoms with Crippen molar-refractivity contribution in [2.24, 2.45) is 4.99 Å². The van der Waals surface area contributed by atoms with Crippen LogP contribution in [0.1, 0.15) is 29.8 Å². The normalized spacial score (nSPS) is 18.2. The number of amidine groups is 1. The highest BCUT2D eigenvalue weighted by atomic mass is 32.2. The Morgan fingerprint density at radius 1 is 1.11 bits per heavy atom. The molecule has 0 bridgehead atoms. The lowest BCUT2D eigenvalue weighted by Gasteiger charge is -2.17. The molecule has 9 heteroatoms. The van der Waals surface area contributed by atoms with Crippen LogP contribution in [0.25, 0.3) is 0 Å². The zero-order valence-corrected chi connectivity index (χ0v) is 21.8. The number of anilines is 2. The zero-order valence-electron chi connectivity index (χ0n) is 20.2. The second-order valence-electron chi connectivity index (χ2n) is 8.33. The van der Waals surface area contributed by atoms with Crippen molar-refractivity contribution in [3.8, 4) is 0 Å². The number of thioether (sulfide) groups is 2. The fraction of sp³-hybridized carbons (Fsp3) is 0.185. The van der Waals surface area contributed by atoms with Crippen LogP contribution in [0.15, 0.2) is 86.8 Å². The molecular weight excluding hydrogens is 490 g/mol. The van der Waals surface area contributed by atoms with E-state index in [1.54, 1.807) is 41.2 Å². The highest BCUT2D eigenvalue weighted by molar-refractivity contribution is 8.19. The first kappa shape index (κ1) is 24.1. The van der Waals surface area contributed by atoms with Gasteiger partial charge in [0.25, 0.3) is 5.91 Å². The maximum atomic E-state index is 13.8. The number of benzene rings is 2. The summed E-state index contributed by atoms with van der Waals surface area (Å²) in [7, 11) is 1.98. The summed E-state index contributed by atoms with van der Waals surface area (Å²) in [5, 5.41) is 4.76. The molecule has 5 rings (SSSR count). The number of nitrogens with one attached hydrogen (secondary N) is 1. The molecule has 36 heavy (non-hydrogen) atoms. The van der Waals surface area contributed by atoms with Gasteiger partial charge in [-0.2, -0.15) is 0 Å². The van der Waals surface area contributed by atoms with Gasteiger partial charge in [-0.1, -0.05) is 30.0 Å². The standard InChI is InChI=1S/C27H25N5O2S2/c1-4-29-20-12-11-19(17(2)33)14-21(20)30-27-32(16-18-8-7-13-28-15-18)25(34)24(36-27)26-31(3)22-9-5-6-10-23(22)35-26/h5-15,29H,4,16H2,1-3H3/b26-24+,30-27?. The fourth-order valence-electron chi connectivity index (χ4n) is 4.02. The topological polar surface area (TPSA) is 77.9 Å². The first-order valence-corrected chi connectivity index (χ1v) is 13.2. The van der Waals surface area contributed by atoms with E-state index in [1.165, 1.54) is 18.7 Å². The number of amides is 1. The number of ketones is 1. The molecule has 7 nitrogen and oxygen atoms in total. The Hall–Kier alpha value is -3.56. The van der Waals surface area contributed by atoms with Gasteiger partial charge in [0, 0.05) is 36.4 Å². The molecule has 182 valence electrons. The molecule has 0 radical (unpaired) electrons. The van der Waals surface area contributed by atoms with E-state index in [0.717, 1.165) is 26.9 Å². The number of pyridine rings is 1. The number of nitrogens with zero attached hydrogens (tertiary/aromatic N) is 4. The van der Waals surface area contributed by atoms with Gasteiger partial charge < -0.3 is 10.2 Å². The average Bonchev–Trinajstić information content (AvgIpc) is 3.37. The summed E-state index contributed by atoms with van der Waals surface area (Å²) in [5.41, 5.74) is 3.99. The van der Waals surface area contributed by atoms with Crippen LogP contribution in [0, 0.1) is 0 Å². The monoisotopic (exact) mass is 515 g/mol. The Bertz CT molecular complexity index is 1400. The lowest BCUT2D eigenvalue weighted by atomic mass is 10.1. The van der Waals surface area contributed by atoms with Gasteiger partial charge in [-0.3, -0.25) is 19.5 Å². The molecule has 2 aliphatic rings. The van der Waals surface area contributed by atoms with Gasteiger partial charge in [0.1, 0.15) is 4.91 Å².